The Labute approximate surface area is 124 Å². The van der Waals surface area contributed by atoms with Crippen LogP contribution in [-0.2, 0) is 0 Å². The van der Waals surface area contributed by atoms with Crippen LogP contribution in [0, 0.1) is 5.92 Å². The van der Waals surface area contributed by atoms with Gasteiger partial charge in [-0.3, -0.25) is 4.99 Å². The number of nitrogens with two attached hydrogens (primary N) is 1. The van der Waals surface area contributed by atoms with Crippen LogP contribution >= 0.6 is 0 Å². The van der Waals surface area contributed by atoms with Crippen molar-refractivity contribution < 1.29 is 0 Å². The minimum atomic E-state index is 0.567. The van der Waals surface area contributed by atoms with Gasteiger partial charge >= 0.3 is 0 Å². The highest BCUT2D eigenvalue weighted by molar-refractivity contribution is 5.77. The highest BCUT2D eigenvalue weighted by Gasteiger charge is 2.17. The number of nitrogens with zero attached hydrogens (tertiary/aromatic N) is 4. The molecule has 1 atom stereocenters. The van der Waals surface area contributed by atoms with Gasteiger partial charge in [0.2, 0.25) is 0 Å². The van der Waals surface area contributed by atoms with Gasteiger partial charge in [0.25, 0.3) is 0 Å². The van der Waals surface area contributed by atoms with E-state index in [1.165, 1.54) is 32.7 Å². The molecule has 0 aromatic carbocycles. The summed E-state index contributed by atoms with van der Waals surface area (Å²) in [6, 6.07) is 0. The summed E-state index contributed by atoms with van der Waals surface area (Å²) in [6.07, 6.45) is 0. The molecule has 1 saturated heterocycles. The Morgan fingerprint density at radius 3 is 2.15 bits per heavy atom. The van der Waals surface area contributed by atoms with Crippen molar-refractivity contribution in [1.29, 1.82) is 0 Å². The Kier molecular flexibility index (Phi) is 7.92. The molecule has 1 heterocycles. The Bertz CT molecular complexity index is 280. The van der Waals surface area contributed by atoms with Crippen LogP contribution in [-0.4, -0.2) is 79.6 Å². The molecule has 2 N–H and O–H groups in total. The molecule has 0 aromatic rings. The first-order valence-corrected chi connectivity index (χ1v) is 8.10. The van der Waals surface area contributed by atoms with Crippen molar-refractivity contribution >= 4 is 5.96 Å². The molecule has 0 saturated carbocycles. The molecule has 20 heavy (non-hydrogen) atoms. The van der Waals surface area contributed by atoms with Crippen LogP contribution in [0.25, 0.3) is 0 Å². The van der Waals surface area contributed by atoms with Crippen molar-refractivity contribution in [3.05, 3.63) is 0 Å². The number of hydrogen-bond acceptors (Lipinski definition) is 3. The zero-order chi connectivity index (χ0) is 15.0. The lowest BCUT2D eigenvalue weighted by atomic mass is 10.1. The van der Waals surface area contributed by atoms with E-state index in [-0.39, 0.29) is 0 Å². The summed E-state index contributed by atoms with van der Waals surface area (Å²) in [6.45, 7) is 18.5. The van der Waals surface area contributed by atoms with E-state index in [1.807, 2.05) is 0 Å². The van der Waals surface area contributed by atoms with Crippen LogP contribution in [0.5, 0.6) is 0 Å². The second-order valence-electron chi connectivity index (χ2n) is 5.71. The summed E-state index contributed by atoms with van der Waals surface area (Å²) >= 11 is 0. The smallest absolute Gasteiger partial charge is 0.191 e. The molecule has 1 rings (SSSR count). The molecule has 0 aromatic heterocycles. The molecule has 0 aliphatic carbocycles. The third-order valence-corrected chi connectivity index (χ3v) is 4.13. The average Bonchev–Trinajstić information content (AvgIpc) is 2.47. The van der Waals surface area contributed by atoms with E-state index in [2.05, 4.69) is 47.4 Å². The van der Waals surface area contributed by atoms with Crippen LogP contribution in [0.3, 0.4) is 0 Å². The first kappa shape index (κ1) is 17.2. The predicted molar refractivity (Wildman–Crippen MR) is 87.1 cm³/mol. The fraction of sp³-hybridized carbons (Fsp3) is 0.933. The van der Waals surface area contributed by atoms with Gasteiger partial charge in [-0.1, -0.05) is 13.8 Å². The zero-order valence-corrected chi connectivity index (χ0v) is 13.8. The Morgan fingerprint density at radius 2 is 1.65 bits per heavy atom. The normalized spacial score (nSPS) is 20.1. The lowest BCUT2D eigenvalue weighted by molar-refractivity contribution is 0.125. The van der Waals surface area contributed by atoms with E-state index >= 15 is 0 Å². The number of likely N-dealkylation sites (N-methyl/N-ethyl adjacent to an activating group) is 1. The number of rotatable bonds is 7. The molecule has 1 aliphatic rings. The second-order valence-corrected chi connectivity index (χ2v) is 5.71. The molecule has 0 amide bonds. The first-order valence-electron chi connectivity index (χ1n) is 8.10. The van der Waals surface area contributed by atoms with Crippen molar-refractivity contribution in [2.45, 2.75) is 27.7 Å². The van der Waals surface area contributed by atoms with Crippen LogP contribution < -0.4 is 5.73 Å². The molecule has 5 nitrogen and oxygen atoms in total. The van der Waals surface area contributed by atoms with Crippen LogP contribution in [0.2, 0.25) is 0 Å². The van der Waals surface area contributed by atoms with Crippen molar-refractivity contribution in [1.82, 2.24) is 14.7 Å². The summed E-state index contributed by atoms with van der Waals surface area (Å²) < 4.78 is 0. The van der Waals surface area contributed by atoms with E-state index < -0.39 is 0 Å². The standard InChI is InChI=1S/C15H33N5/c1-5-18-8-10-19(11-9-18)13-14(4)12-17-15(16)20(6-2)7-3/h14H,5-13H2,1-4H3,(H2,16,17). The molecule has 1 fully saturated rings. The van der Waals surface area contributed by atoms with Gasteiger partial charge in [-0.25, -0.2) is 0 Å². The summed E-state index contributed by atoms with van der Waals surface area (Å²) in [5, 5.41) is 0. The topological polar surface area (TPSA) is 48.1 Å². The second kappa shape index (κ2) is 9.19. The van der Waals surface area contributed by atoms with E-state index in [0.717, 1.165) is 26.2 Å². The molecular formula is C15H33N5. The van der Waals surface area contributed by atoms with Crippen molar-refractivity contribution in [2.24, 2.45) is 16.6 Å². The lowest BCUT2D eigenvalue weighted by Crippen LogP contribution is -2.47. The highest BCUT2D eigenvalue weighted by Crippen LogP contribution is 2.06. The molecular weight excluding hydrogens is 250 g/mol. The van der Waals surface area contributed by atoms with E-state index in [4.69, 9.17) is 5.73 Å². The summed E-state index contributed by atoms with van der Waals surface area (Å²) in [7, 11) is 0. The number of guanidine groups is 1. The minimum Gasteiger partial charge on any atom is -0.370 e. The Balaban J connectivity index is 2.30. The van der Waals surface area contributed by atoms with Gasteiger partial charge in [-0.05, 0) is 26.3 Å². The van der Waals surface area contributed by atoms with Gasteiger partial charge in [-0.15, -0.1) is 0 Å². The molecule has 1 aliphatic heterocycles. The van der Waals surface area contributed by atoms with E-state index in [0.29, 0.717) is 11.9 Å². The lowest BCUT2D eigenvalue weighted by Gasteiger charge is -2.35. The molecule has 0 bridgehead atoms. The van der Waals surface area contributed by atoms with Crippen molar-refractivity contribution in [2.75, 3.05) is 58.9 Å². The van der Waals surface area contributed by atoms with Gasteiger partial charge < -0.3 is 20.4 Å². The van der Waals surface area contributed by atoms with Gasteiger partial charge in [-0.2, -0.15) is 0 Å². The van der Waals surface area contributed by atoms with E-state index in [9.17, 15) is 0 Å². The molecule has 0 radical (unpaired) electrons. The summed E-state index contributed by atoms with van der Waals surface area (Å²) in [5.41, 5.74) is 6.01. The predicted octanol–water partition coefficient (Wildman–Crippen LogP) is 0.917. The number of hydrogen-bond donors (Lipinski definition) is 1. The van der Waals surface area contributed by atoms with Crippen LogP contribution in [0.1, 0.15) is 27.7 Å². The quantitative estimate of drug-likeness (QED) is 0.557. The van der Waals surface area contributed by atoms with Crippen LogP contribution in [0.4, 0.5) is 0 Å². The van der Waals surface area contributed by atoms with Crippen molar-refractivity contribution in [3.63, 3.8) is 0 Å². The van der Waals surface area contributed by atoms with Crippen molar-refractivity contribution in [3.8, 4) is 0 Å². The maximum absolute atomic E-state index is 6.01. The maximum Gasteiger partial charge on any atom is 0.191 e. The Hall–Kier alpha value is -0.810. The summed E-state index contributed by atoms with van der Waals surface area (Å²) in [4.78, 5) is 11.7. The molecule has 118 valence electrons. The Morgan fingerprint density at radius 1 is 1.10 bits per heavy atom. The third-order valence-electron chi connectivity index (χ3n) is 4.13. The monoisotopic (exact) mass is 283 g/mol. The van der Waals surface area contributed by atoms with Gasteiger partial charge in [0.15, 0.2) is 5.96 Å². The molecule has 5 heteroatoms. The third kappa shape index (κ3) is 5.67. The SMILES string of the molecule is CCN1CCN(CC(C)CN=C(N)N(CC)CC)CC1. The average molecular weight is 283 g/mol. The highest BCUT2D eigenvalue weighted by atomic mass is 15.3. The van der Waals surface area contributed by atoms with Gasteiger partial charge in [0.1, 0.15) is 0 Å². The van der Waals surface area contributed by atoms with Crippen LogP contribution in [0.15, 0.2) is 4.99 Å². The maximum atomic E-state index is 6.01. The summed E-state index contributed by atoms with van der Waals surface area (Å²) in [5.74, 6) is 1.26. The minimum absolute atomic E-state index is 0.567. The largest absolute Gasteiger partial charge is 0.370 e. The fourth-order valence-electron chi connectivity index (χ4n) is 2.68. The number of piperazine rings is 1. The zero-order valence-electron chi connectivity index (χ0n) is 13.8. The van der Waals surface area contributed by atoms with Gasteiger partial charge in [0, 0.05) is 52.4 Å². The van der Waals surface area contributed by atoms with Gasteiger partial charge in [0.05, 0.1) is 0 Å². The van der Waals surface area contributed by atoms with E-state index in [1.54, 1.807) is 0 Å². The fourth-order valence-corrected chi connectivity index (χ4v) is 2.68. The first-order chi connectivity index (χ1) is 9.60. The molecule has 1 unspecified atom stereocenters. The number of aliphatic imine (C=N–C) groups is 1. The molecule has 0 spiro atoms.